The number of aryl methyl sites for hydroxylation is 1. The Labute approximate surface area is 123 Å². The number of anilines is 1. The molecule has 1 aromatic rings. The molecule has 100 valence electrons. The van der Waals surface area contributed by atoms with Crippen LogP contribution in [0, 0.1) is 15.9 Å². The predicted molar refractivity (Wildman–Crippen MR) is 84.6 cm³/mol. The van der Waals surface area contributed by atoms with Gasteiger partial charge in [0.25, 0.3) is 0 Å². The maximum atomic E-state index is 12.3. The van der Waals surface area contributed by atoms with Crippen LogP contribution < -0.4 is 11.1 Å². The molecule has 0 atom stereocenters. The lowest BCUT2D eigenvalue weighted by molar-refractivity contribution is -0.126. The van der Waals surface area contributed by atoms with Gasteiger partial charge in [-0.1, -0.05) is 6.07 Å². The number of amides is 1. The van der Waals surface area contributed by atoms with Crippen LogP contribution in [0.15, 0.2) is 18.2 Å². The van der Waals surface area contributed by atoms with Crippen LogP contribution in [0.25, 0.3) is 0 Å². The molecule has 1 amide bonds. The van der Waals surface area contributed by atoms with Gasteiger partial charge in [-0.3, -0.25) is 4.79 Å². The summed E-state index contributed by atoms with van der Waals surface area (Å²) in [5.41, 5.74) is 6.86. The fraction of sp³-hybridized carbons (Fsp3) is 0.500. The van der Waals surface area contributed by atoms with Crippen LogP contribution in [0.2, 0.25) is 0 Å². The van der Waals surface area contributed by atoms with E-state index in [1.165, 1.54) is 5.56 Å². The molecule has 1 rings (SSSR count). The molecule has 0 aliphatic carbocycles. The van der Waals surface area contributed by atoms with Crippen LogP contribution in [-0.2, 0) is 4.79 Å². The monoisotopic (exact) mass is 360 g/mol. The van der Waals surface area contributed by atoms with Crippen molar-refractivity contribution in [3.63, 3.8) is 0 Å². The average Bonchev–Trinajstić information content (AvgIpc) is 2.21. The van der Waals surface area contributed by atoms with Crippen LogP contribution >= 0.6 is 22.6 Å². The van der Waals surface area contributed by atoms with Crippen LogP contribution in [-0.4, -0.2) is 11.4 Å². The number of carbonyl (C=O) groups is 1. The van der Waals surface area contributed by atoms with Gasteiger partial charge in [-0.05, 0) is 74.9 Å². The second-order valence-electron chi connectivity index (χ2n) is 5.76. The van der Waals surface area contributed by atoms with Crippen molar-refractivity contribution in [1.82, 2.24) is 0 Å². The zero-order valence-electron chi connectivity index (χ0n) is 11.6. The number of rotatable bonds is 3. The molecule has 0 fully saturated rings. The van der Waals surface area contributed by atoms with Gasteiger partial charge < -0.3 is 11.1 Å². The summed E-state index contributed by atoms with van der Waals surface area (Å²) in [6.45, 7) is 9.50. The summed E-state index contributed by atoms with van der Waals surface area (Å²) in [6, 6.07) is 5.88. The van der Waals surface area contributed by atoms with Crippen LogP contribution in [0.5, 0.6) is 0 Å². The van der Waals surface area contributed by atoms with Crippen molar-refractivity contribution in [2.24, 2.45) is 11.1 Å². The Morgan fingerprint density at radius 2 is 1.83 bits per heavy atom. The first-order chi connectivity index (χ1) is 8.05. The lowest BCUT2D eigenvalue weighted by Gasteiger charge is -2.36. The molecule has 1 aromatic carbocycles. The third-order valence-corrected chi connectivity index (χ3v) is 4.77. The smallest absolute Gasteiger partial charge is 0.231 e. The summed E-state index contributed by atoms with van der Waals surface area (Å²) in [5.74, 6) is -0.0605. The topological polar surface area (TPSA) is 55.1 Å². The summed E-state index contributed by atoms with van der Waals surface area (Å²) in [5, 5.41) is 2.93. The summed E-state index contributed by atoms with van der Waals surface area (Å²) in [7, 11) is 0. The fourth-order valence-corrected chi connectivity index (χ4v) is 1.77. The third kappa shape index (κ3) is 3.23. The molecule has 0 unspecified atom stereocenters. The lowest BCUT2D eigenvalue weighted by atomic mass is 9.74. The van der Waals surface area contributed by atoms with Gasteiger partial charge in [0.15, 0.2) is 0 Å². The molecular formula is C14H21IN2O. The Balaban J connectivity index is 2.91. The first-order valence-electron chi connectivity index (χ1n) is 5.92. The summed E-state index contributed by atoms with van der Waals surface area (Å²) in [6.07, 6.45) is 0. The molecule has 4 heteroatoms. The van der Waals surface area contributed by atoms with Gasteiger partial charge in [0.05, 0.1) is 5.41 Å². The van der Waals surface area contributed by atoms with Gasteiger partial charge in [-0.2, -0.15) is 0 Å². The van der Waals surface area contributed by atoms with E-state index in [4.69, 9.17) is 5.73 Å². The number of carbonyl (C=O) groups excluding carboxylic acids is 1. The number of halogens is 1. The minimum atomic E-state index is -0.636. The molecule has 0 saturated heterocycles. The molecule has 0 heterocycles. The Hall–Kier alpha value is -0.620. The van der Waals surface area contributed by atoms with E-state index >= 15 is 0 Å². The van der Waals surface area contributed by atoms with Crippen LogP contribution in [0.3, 0.4) is 0 Å². The first-order valence-corrected chi connectivity index (χ1v) is 7.00. The molecule has 0 radical (unpaired) electrons. The number of benzene rings is 1. The van der Waals surface area contributed by atoms with Gasteiger partial charge in [-0.15, -0.1) is 0 Å². The molecule has 0 bridgehead atoms. The van der Waals surface area contributed by atoms with Gasteiger partial charge in [0, 0.05) is 14.8 Å². The largest absolute Gasteiger partial charge is 0.326 e. The van der Waals surface area contributed by atoms with E-state index in [1.54, 1.807) is 0 Å². The van der Waals surface area contributed by atoms with E-state index in [2.05, 4.69) is 27.9 Å². The minimum absolute atomic E-state index is 0.0605. The zero-order chi connectivity index (χ0) is 14.1. The molecule has 0 aliphatic rings. The molecule has 3 nitrogen and oxygen atoms in total. The van der Waals surface area contributed by atoms with Crippen molar-refractivity contribution in [2.75, 3.05) is 5.32 Å². The van der Waals surface area contributed by atoms with Crippen LogP contribution in [0.4, 0.5) is 5.69 Å². The molecule has 0 saturated carbocycles. The number of hydrogen-bond donors (Lipinski definition) is 2. The van der Waals surface area contributed by atoms with Crippen molar-refractivity contribution >= 4 is 34.2 Å². The Bertz CT molecular complexity index is 461. The summed E-state index contributed by atoms with van der Waals surface area (Å²) < 4.78 is 1.13. The molecule has 0 spiro atoms. The van der Waals surface area contributed by atoms with E-state index in [0.717, 1.165) is 9.26 Å². The van der Waals surface area contributed by atoms with Gasteiger partial charge >= 0.3 is 0 Å². The van der Waals surface area contributed by atoms with Crippen molar-refractivity contribution in [1.29, 1.82) is 0 Å². The van der Waals surface area contributed by atoms with Crippen molar-refractivity contribution in [3.05, 3.63) is 27.3 Å². The van der Waals surface area contributed by atoms with Crippen molar-refractivity contribution < 1.29 is 4.79 Å². The highest BCUT2D eigenvalue weighted by atomic mass is 127. The maximum absolute atomic E-state index is 12.3. The van der Waals surface area contributed by atoms with E-state index < -0.39 is 11.0 Å². The predicted octanol–water partition coefficient (Wildman–Crippen LogP) is 3.30. The van der Waals surface area contributed by atoms with Crippen molar-refractivity contribution in [2.45, 2.75) is 40.2 Å². The zero-order valence-corrected chi connectivity index (χ0v) is 13.8. The third-order valence-electron chi connectivity index (χ3n) is 3.61. The average molecular weight is 360 g/mol. The SMILES string of the molecule is Cc1ccc(NC(=O)C(C)(C)C(C)(C)N)cc1I. The molecular weight excluding hydrogens is 339 g/mol. The highest BCUT2D eigenvalue weighted by Gasteiger charge is 2.40. The Morgan fingerprint density at radius 1 is 1.28 bits per heavy atom. The van der Waals surface area contributed by atoms with Crippen molar-refractivity contribution in [3.8, 4) is 0 Å². The van der Waals surface area contributed by atoms with E-state index in [1.807, 2.05) is 52.8 Å². The Morgan fingerprint density at radius 3 is 2.28 bits per heavy atom. The normalized spacial score (nSPS) is 12.4. The standard InChI is InChI=1S/C14H21IN2O/c1-9-6-7-10(8-11(9)15)17-12(18)13(2,3)14(4,5)16/h6-8H,16H2,1-5H3,(H,17,18). The maximum Gasteiger partial charge on any atom is 0.231 e. The second-order valence-corrected chi connectivity index (χ2v) is 6.93. The first kappa shape index (κ1) is 15.4. The van der Waals surface area contributed by atoms with Gasteiger partial charge in [-0.25, -0.2) is 0 Å². The fourth-order valence-electron chi connectivity index (χ4n) is 1.25. The Kier molecular flexibility index (Phi) is 4.43. The summed E-state index contributed by atoms with van der Waals surface area (Å²) in [4.78, 5) is 12.3. The number of nitrogens with two attached hydrogens (primary N) is 1. The van der Waals surface area contributed by atoms with Crippen LogP contribution in [0.1, 0.15) is 33.3 Å². The van der Waals surface area contributed by atoms with Gasteiger partial charge in [0.1, 0.15) is 0 Å². The molecule has 3 N–H and O–H groups in total. The molecule has 18 heavy (non-hydrogen) atoms. The van der Waals surface area contributed by atoms with E-state index in [9.17, 15) is 4.79 Å². The number of hydrogen-bond acceptors (Lipinski definition) is 2. The highest BCUT2D eigenvalue weighted by Crippen LogP contribution is 2.30. The number of nitrogens with one attached hydrogen (secondary N) is 1. The second kappa shape index (κ2) is 5.17. The van der Waals surface area contributed by atoms with E-state index in [0.29, 0.717) is 0 Å². The summed E-state index contributed by atoms with van der Waals surface area (Å²) >= 11 is 2.26. The molecule has 0 aromatic heterocycles. The van der Waals surface area contributed by atoms with Gasteiger partial charge in [0.2, 0.25) is 5.91 Å². The minimum Gasteiger partial charge on any atom is -0.326 e. The highest BCUT2D eigenvalue weighted by molar-refractivity contribution is 14.1. The lowest BCUT2D eigenvalue weighted by Crippen LogP contribution is -2.53. The quantitative estimate of drug-likeness (QED) is 0.813. The van der Waals surface area contributed by atoms with E-state index in [-0.39, 0.29) is 5.91 Å². The molecule has 0 aliphatic heterocycles.